The molecule has 1 aromatic heterocycles. The van der Waals surface area contributed by atoms with Gasteiger partial charge < -0.3 is 14.8 Å². The fourth-order valence-electron chi connectivity index (χ4n) is 2.04. The van der Waals surface area contributed by atoms with Crippen LogP contribution < -0.4 is 14.8 Å². The first-order chi connectivity index (χ1) is 9.22. The van der Waals surface area contributed by atoms with E-state index in [4.69, 9.17) is 21.1 Å². The number of nitrogens with zero attached hydrogens (tertiary/aromatic N) is 2. The van der Waals surface area contributed by atoms with Crippen molar-refractivity contribution in [2.75, 3.05) is 6.79 Å². The number of hydrogen-bond acceptors (Lipinski definition) is 4. The van der Waals surface area contributed by atoms with Crippen LogP contribution in [-0.4, -0.2) is 16.6 Å². The van der Waals surface area contributed by atoms with Gasteiger partial charge in [0, 0.05) is 31.9 Å². The van der Waals surface area contributed by atoms with E-state index in [9.17, 15) is 0 Å². The van der Waals surface area contributed by atoms with Crippen molar-refractivity contribution in [1.82, 2.24) is 15.1 Å². The summed E-state index contributed by atoms with van der Waals surface area (Å²) < 4.78 is 12.4. The number of rotatable bonds is 4. The Morgan fingerprint density at radius 2 is 2.16 bits per heavy atom. The highest BCUT2D eigenvalue weighted by molar-refractivity contribution is 6.32. The number of fused-ring (bicyclic) bond motifs is 1. The molecule has 0 spiro atoms. The van der Waals surface area contributed by atoms with Gasteiger partial charge in [0.15, 0.2) is 11.5 Å². The van der Waals surface area contributed by atoms with Crippen LogP contribution in [0.5, 0.6) is 11.5 Å². The van der Waals surface area contributed by atoms with E-state index in [0.717, 1.165) is 17.7 Å². The third kappa shape index (κ3) is 2.67. The van der Waals surface area contributed by atoms with Gasteiger partial charge in [-0.3, -0.25) is 4.68 Å². The Balaban J connectivity index is 1.63. The second-order valence-electron chi connectivity index (χ2n) is 4.44. The van der Waals surface area contributed by atoms with Crippen LogP contribution >= 0.6 is 11.6 Å². The minimum atomic E-state index is 0.238. The van der Waals surface area contributed by atoms with Gasteiger partial charge in [0.2, 0.25) is 6.79 Å². The van der Waals surface area contributed by atoms with E-state index in [1.165, 1.54) is 0 Å². The average Bonchev–Trinajstić information content (AvgIpc) is 2.98. The van der Waals surface area contributed by atoms with Gasteiger partial charge in [0.05, 0.1) is 11.2 Å². The molecule has 2 heterocycles. The predicted molar refractivity (Wildman–Crippen MR) is 71.3 cm³/mol. The number of hydrogen-bond donors (Lipinski definition) is 1. The maximum absolute atomic E-state index is 6.13. The third-order valence-electron chi connectivity index (χ3n) is 2.90. The molecule has 19 heavy (non-hydrogen) atoms. The van der Waals surface area contributed by atoms with Gasteiger partial charge in [-0.2, -0.15) is 5.10 Å². The molecule has 1 aliphatic heterocycles. The highest BCUT2D eigenvalue weighted by Gasteiger charge is 2.17. The van der Waals surface area contributed by atoms with Gasteiger partial charge in [-0.25, -0.2) is 0 Å². The predicted octanol–water partition coefficient (Wildman–Crippen LogP) is 2.09. The van der Waals surface area contributed by atoms with Crippen LogP contribution in [0.1, 0.15) is 11.1 Å². The van der Waals surface area contributed by atoms with Crippen LogP contribution in [0.4, 0.5) is 0 Å². The Labute approximate surface area is 116 Å². The molecule has 100 valence electrons. The number of ether oxygens (including phenoxy) is 2. The molecule has 0 bridgehead atoms. The first-order valence-corrected chi connectivity index (χ1v) is 6.36. The molecular formula is C13H14ClN3O2. The third-order valence-corrected chi connectivity index (χ3v) is 3.18. The first-order valence-electron chi connectivity index (χ1n) is 5.98. The van der Waals surface area contributed by atoms with Gasteiger partial charge in [-0.05, 0) is 17.7 Å². The van der Waals surface area contributed by atoms with E-state index in [-0.39, 0.29) is 6.79 Å². The molecule has 1 aliphatic rings. The number of benzene rings is 1. The minimum absolute atomic E-state index is 0.238. The largest absolute Gasteiger partial charge is 0.454 e. The molecule has 0 amide bonds. The van der Waals surface area contributed by atoms with E-state index < -0.39 is 0 Å². The molecule has 1 aromatic carbocycles. The molecule has 5 nitrogen and oxygen atoms in total. The van der Waals surface area contributed by atoms with Crippen LogP contribution in [0.25, 0.3) is 0 Å². The van der Waals surface area contributed by atoms with E-state index in [1.54, 1.807) is 4.68 Å². The zero-order valence-electron chi connectivity index (χ0n) is 10.5. The lowest BCUT2D eigenvalue weighted by Gasteiger charge is -2.06. The Hall–Kier alpha value is -1.72. The van der Waals surface area contributed by atoms with Gasteiger partial charge in [-0.1, -0.05) is 11.6 Å². The summed E-state index contributed by atoms with van der Waals surface area (Å²) in [4.78, 5) is 0. The smallest absolute Gasteiger partial charge is 0.231 e. The summed E-state index contributed by atoms with van der Waals surface area (Å²) in [5, 5.41) is 8.05. The lowest BCUT2D eigenvalue weighted by atomic mass is 10.2. The molecule has 0 fully saturated rings. The fraction of sp³-hybridized carbons (Fsp3) is 0.308. The van der Waals surface area contributed by atoms with E-state index in [1.807, 2.05) is 31.6 Å². The normalized spacial score (nSPS) is 12.9. The molecule has 0 unspecified atom stereocenters. The van der Waals surface area contributed by atoms with Crippen molar-refractivity contribution >= 4 is 11.6 Å². The Kier molecular flexibility index (Phi) is 3.31. The molecule has 1 N–H and O–H groups in total. The summed E-state index contributed by atoms with van der Waals surface area (Å²) in [7, 11) is 1.90. The van der Waals surface area contributed by atoms with E-state index >= 15 is 0 Å². The van der Waals surface area contributed by atoms with Crippen LogP contribution in [-0.2, 0) is 20.1 Å². The molecular weight excluding hydrogens is 266 g/mol. The topological polar surface area (TPSA) is 48.3 Å². The van der Waals surface area contributed by atoms with E-state index in [0.29, 0.717) is 23.1 Å². The van der Waals surface area contributed by atoms with Gasteiger partial charge in [-0.15, -0.1) is 0 Å². The summed E-state index contributed by atoms with van der Waals surface area (Å²) in [6, 6.07) is 3.84. The molecule has 0 saturated heterocycles. The van der Waals surface area contributed by atoms with Crippen LogP contribution in [0.3, 0.4) is 0 Å². The van der Waals surface area contributed by atoms with Crippen molar-refractivity contribution in [2.45, 2.75) is 13.1 Å². The quantitative estimate of drug-likeness (QED) is 0.931. The van der Waals surface area contributed by atoms with Crippen molar-refractivity contribution in [3.8, 4) is 11.5 Å². The number of aryl methyl sites for hydroxylation is 1. The minimum Gasteiger partial charge on any atom is -0.454 e. The highest BCUT2D eigenvalue weighted by atomic mass is 35.5. The SMILES string of the molecule is Cn1cc(CNCc2cc(Cl)c3c(c2)OCO3)cn1. The number of nitrogens with one attached hydrogen (secondary N) is 1. The van der Waals surface area contributed by atoms with Crippen molar-refractivity contribution in [2.24, 2.45) is 7.05 Å². The molecule has 0 aliphatic carbocycles. The zero-order valence-corrected chi connectivity index (χ0v) is 11.3. The molecule has 0 atom stereocenters. The summed E-state index contributed by atoms with van der Waals surface area (Å²) in [5.41, 5.74) is 2.22. The molecule has 3 rings (SSSR count). The summed E-state index contributed by atoms with van der Waals surface area (Å²) >= 11 is 6.13. The highest BCUT2D eigenvalue weighted by Crippen LogP contribution is 2.39. The number of aromatic nitrogens is 2. The van der Waals surface area contributed by atoms with Crippen molar-refractivity contribution in [3.05, 3.63) is 40.7 Å². The monoisotopic (exact) mass is 279 g/mol. The van der Waals surface area contributed by atoms with Crippen molar-refractivity contribution < 1.29 is 9.47 Å². The van der Waals surface area contributed by atoms with Crippen LogP contribution in [0.15, 0.2) is 24.5 Å². The Morgan fingerprint density at radius 3 is 2.95 bits per heavy atom. The summed E-state index contributed by atoms with van der Waals surface area (Å²) in [6.45, 7) is 1.72. The number of halogens is 1. The standard InChI is InChI=1S/C13H14ClN3O2/c1-17-7-10(6-16-17)5-15-4-9-2-11(14)13-12(3-9)18-8-19-13/h2-3,6-7,15H,4-5,8H2,1H3. The summed E-state index contributed by atoms with van der Waals surface area (Å²) in [5.74, 6) is 1.35. The van der Waals surface area contributed by atoms with Gasteiger partial charge in [0.25, 0.3) is 0 Å². The van der Waals surface area contributed by atoms with Crippen molar-refractivity contribution in [3.63, 3.8) is 0 Å². The first kappa shape index (κ1) is 12.3. The fourth-order valence-corrected chi connectivity index (χ4v) is 2.32. The Morgan fingerprint density at radius 1 is 1.32 bits per heavy atom. The van der Waals surface area contributed by atoms with Gasteiger partial charge in [0.1, 0.15) is 0 Å². The lowest BCUT2D eigenvalue weighted by molar-refractivity contribution is 0.174. The molecule has 2 aromatic rings. The van der Waals surface area contributed by atoms with Crippen LogP contribution in [0.2, 0.25) is 5.02 Å². The second kappa shape index (κ2) is 5.11. The molecule has 0 saturated carbocycles. The molecule has 6 heteroatoms. The van der Waals surface area contributed by atoms with Gasteiger partial charge >= 0.3 is 0 Å². The second-order valence-corrected chi connectivity index (χ2v) is 4.84. The van der Waals surface area contributed by atoms with Crippen LogP contribution in [0, 0.1) is 0 Å². The average molecular weight is 280 g/mol. The Bertz CT molecular complexity index is 598. The zero-order chi connectivity index (χ0) is 13.2. The summed E-state index contributed by atoms with van der Waals surface area (Å²) in [6.07, 6.45) is 3.83. The maximum Gasteiger partial charge on any atom is 0.231 e. The molecule has 0 radical (unpaired) electrons. The van der Waals surface area contributed by atoms with E-state index in [2.05, 4.69) is 10.4 Å². The lowest BCUT2D eigenvalue weighted by Crippen LogP contribution is -2.12. The van der Waals surface area contributed by atoms with Crippen molar-refractivity contribution in [1.29, 1.82) is 0 Å². The maximum atomic E-state index is 6.13.